The van der Waals surface area contributed by atoms with Crippen molar-refractivity contribution in [1.82, 2.24) is 0 Å². The van der Waals surface area contributed by atoms with E-state index in [1.54, 1.807) is 0 Å². The lowest BCUT2D eigenvalue weighted by Gasteiger charge is -2.02. The third-order valence-electron chi connectivity index (χ3n) is 1.62. The van der Waals surface area contributed by atoms with Crippen molar-refractivity contribution < 1.29 is 18.8 Å². The van der Waals surface area contributed by atoms with Crippen LogP contribution in [0.1, 0.15) is 10.4 Å². The molecule has 0 saturated heterocycles. The highest BCUT2D eigenvalue weighted by atomic mass is 19.1. The van der Waals surface area contributed by atoms with Crippen LogP contribution in [0, 0.1) is 15.9 Å². The number of halogens is 1. The molecule has 0 aliphatic carbocycles. The molecule has 0 radical (unpaired) electrons. The minimum atomic E-state index is -1.03. The summed E-state index contributed by atoms with van der Waals surface area (Å²) in [6, 6.07) is 1.64. The van der Waals surface area contributed by atoms with Crippen molar-refractivity contribution in [3.05, 3.63) is 33.6 Å². The van der Waals surface area contributed by atoms with Crippen LogP contribution in [0.3, 0.4) is 0 Å². The highest BCUT2D eigenvalue weighted by molar-refractivity contribution is 5.80. The highest BCUT2D eigenvalue weighted by Gasteiger charge is 2.18. The van der Waals surface area contributed by atoms with Gasteiger partial charge in [0.1, 0.15) is 5.75 Å². The standard InChI is InChI=1S/C8H6FNO4/c1-14-8-3-6(9)7(10(12)13)2-5(8)4-11/h2-4H,1H3. The largest absolute Gasteiger partial charge is 0.496 e. The topological polar surface area (TPSA) is 69.4 Å². The molecule has 0 aromatic heterocycles. The van der Waals surface area contributed by atoms with Gasteiger partial charge in [0.15, 0.2) is 6.29 Å². The van der Waals surface area contributed by atoms with E-state index in [1.165, 1.54) is 7.11 Å². The molecular formula is C8H6FNO4. The summed E-state index contributed by atoms with van der Waals surface area (Å²) in [6.45, 7) is 0. The SMILES string of the molecule is COc1cc(F)c([N+](=O)[O-])cc1C=O. The van der Waals surface area contributed by atoms with Gasteiger partial charge in [-0.05, 0) is 0 Å². The number of aldehydes is 1. The number of carbonyl (C=O) groups is 1. The van der Waals surface area contributed by atoms with Crippen LogP contribution in [0.5, 0.6) is 5.75 Å². The van der Waals surface area contributed by atoms with E-state index in [0.29, 0.717) is 6.29 Å². The summed E-state index contributed by atoms with van der Waals surface area (Å²) in [5.41, 5.74) is -0.798. The zero-order valence-corrected chi connectivity index (χ0v) is 7.19. The van der Waals surface area contributed by atoms with Crippen LogP contribution in [-0.4, -0.2) is 18.3 Å². The lowest BCUT2D eigenvalue weighted by atomic mass is 10.2. The first kappa shape index (κ1) is 10.1. The number of benzene rings is 1. The molecule has 0 aliphatic heterocycles. The molecule has 14 heavy (non-hydrogen) atoms. The second kappa shape index (κ2) is 3.82. The second-order valence-corrected chi connectivity index (χ2v) is 2.42. The van der Waals surface area contributed by atoms with Crippen LogP contribution >= 0.6 is 0 Å². The van der Waals surface area contributed by atoms with Crippen LogP contribution in [0.15, 0.2) is 12.1 Å². The smallest absolute Gasteiger partial charge is 0.305 e. The first-order valence-electron chi connectivity index (χ1n) is 3.57. The van der Waals surface area contributed by atoms with Crippen LogP contribution in [-0.2, 0) is 0 Å². The van der Waals surface area contributed by atoms with Crippen molar-refractivity contribution in [3.8, 4) is 5.75 Å². The molecule has 0 heterocycles. The molecule has 0 unspecified atom stereocenters. The fourth-order valence-electron chi connectivity index (χ4n) is 0.969. The van der Waals surface area contributed by atoms with Gasteiger partial charge in [-0.15, -0.1) is 0 Å². The lowest BCUT2D eigenvalue weighted by Crippen LogP contribution is -1.97. The molecule has 0 spiro atoms. The molecule has 0 amide bonds. The van der Waals surface area contributed by atoms with Gasteiger partial charge < -0.3 is 4.74 Å². The Balaban J connectivity index is 3.37. The van der Waals surface area contributed by atoms with Crippen molar-refractivity contribution in [2.24, 2.45) is 0 Å². The number of nitro benzene ring substituents is 1. The maximum absolute atomic E-state index is 13.0. The Morgan fingerprint density at radius 2 is 2.21 bits per heavy atom. The number of carbonyl (C=O) groups excluding carboxylic acids is 1. The van der Waals surface area contributed by atoms with Gasteiger partial charge in [-0.3, -0.25) is 14.9 Å². The Kier molecular flexibility index (Phi) is 2.76. The molecule has 0 saturated carbocycles. The Hall–Kier alpha value is -1.98. The first-order valence-corrected chi connectivity index (χ1v) is 3.57. The van der Waals surface area contributed by atoms with Crippen molar-refractivity contribution in [2.45, 2.75) is 0 Å². The molecule has 74 valence electrons. The molecule has 1 aromatic carbocycles. The number of ether oxygens (including phenoxy) is 1. The lowest BCUT2D eigenvalue weighted by molar-refractivity contribution is -0.387. The zero-order valence-electron chi connectivity index (χ0n) is 7.19. The maximum atomic E-state index is 13.0. The number of hydrogen-bond acceptors (Lipinski definition) is 4. The normalized spacial score (nSPS) is 9.57. The van der Waals surface area contributed by atoms with Gasteiger partial charge in [-0.1, -0.05) is 0 Å². The first-order chi connectivity index (χ1) is 6.60. The summed E-state index contributed by atoms with van der Waals surface area (Å²) in [5.74, 6) is -1.06. The van der Waals surface area contributed by atoms with Crippen molar-refractivity contribution in [3.63, 3.8) is 0 Å². The number of methoxy groups -OCH3 is 1. The Morgan fingerprint density at radius 1 is 1.57 bits per heavy atom. The van der Waals surface area contributed by atoms with E-state index < -0.39 is 16.4 Å². The van der Waals surface area contributed by atoms with Gasteiger partial charge in [-0.2, -0.15) is 4.39 Å². The predicted octanol–water partition coefficient (Wildman–Crippen LogP) is 1.55. The van der Waals surface area contributed by atoms with Crippen LogP contribution < -0.4 is 4.74 Å². The fraction of sp³-hybridized carbons (Fsp3) is 0.125. The van der Waals surface area contributed by atoms with Crippen LogP contribution in [0.25, 0.3) is 0 Å². The summed E-state index contributed by atoms with van der Waals surface area (Å²) >= 11 is 0. The maximum Gasteiger partial charge on any atom is 0.305 e. The molecule has 0 bridgehead atoms. The van der Waals surface area contributed by atoms with Gasteiger partial charge in [0.05, 0.1) is 17.6 Å². The van der Waals surface area contributed by atoms with Crippen molar-refractivity contribution in [2.75, 3.05) is 7.11 Å². The van der Waals surface area contributed by atoms with Crippen molar-refractivity contribution >= 4 is 12.0 Å². The summed E-state index contributed by atoms with van der Waals surface area (Å²) in [4.78, 5) is 19.8. The third-order valence-corrected chi connectivity index (χ3v) is 1.62. The highest BCUT2D eigenvalue weighted by Crippen LogP contribution is 2.25. The predicted molar refractivity (Wildman–Crippen MR) is 45.0 cm³/mol. The van der Waals surface area contributed by atoms with Gasteiger partial charge >= 0.3 is 5.69 Å². The Morgan fingerprint density at radius 3 is 2.64 bits per heavy atom. The summed E-state index contributed by atoms with van der Waals surface area (Å²) in [7, 11) is 1.24. The summed E-state index contributed by atoms with van der Waals surface area (Å²) in [6.07, 6.45) is 0.366. The molecule has 5 nitrogen and oxygen atoms in total. The van der Waals surface area contributed by atoms with Gasteiger partial charge in [0.25, 0.3) is 0 Å². The third kappa shape index (κ3) is 1.68. The van der Waals surface area contributed by atoms with Crippen LogP contribution in [0.4, 0.5) is 10.1 Å². The number of rotatable bonds is 3. The molecule has 1 aromatic rings. The van der Waals surface area contributed by atoms with E-state index >= 15 is 0 Å². The second-order valence-electron chi connectivity index (χ2n) is 2.42. The molecular weight excluding hydrogens is 193 g/mol. The average molecular weight is 199 g/mol. The summed E-state index contributed by atoms with van der Waals surface area (Å²) < 4.78 is 17.6. The number of nitro groups is 1. The van der Waals surface area contributed by atoms with E-state index in [9.17, 15) is 19.3 Å². The van der Waals surface area contributed by atoms with Gasteiger partial charge in [0, 0.05) is 12.1 Å². The van der Waals surface area contributed by atoms with Crippen LogP contribution in [0.2, 0.25) is 0 Å². The van der Waals surface area contributed by atoms with E-state index in [-0.39, 0.29) is 11.3 Å². The van der Waals surface area contributed by atoms with E-state index in [4.69, 9.17) is 0 Å². The number of nitrogens with zero attached hydrogens (tertiary/aromatic N) is 1. The quantitative estimate of drug-likeness (QED) is 0.420. The monoisotopic (exact) mass is 199 g/mol. The molecule has 1 rings (SSSR count). The van der Waals surface area contributed by atoms with Gasteiger partial charge in [-0.25, -0.2) is 0 Å². The minimum Gasteiger partial charge on any atom is -0.496 e. The fourth-order valence-corrected chi connectivity index (χ4v) is 0.969. The molecule has 0 fully saturated rings. The molecule has 0 aliphatic rings. The summed E-state index contributed by atoms with van der Waals surface area (Å²) in [5, 5.41) is 10.3. The number of hydrogen-bond donors (Lipinski definition) is 0. The Bertz CT molecular complexity index is 391. The van der Waals surface area contributed by atoms with E-state index in [0.717, 1.165) is 12.1 Å². The molecule has 0 atom stereocenters. The van der Waals surface area contributed by atoms with Crippen molar-refractivity contribution in [1.29, 1.82) is 0 Å². The van der Waals surface area contributed by atoms with E-state index in [1.807, 2.05) is 0 Å². The molecule has 6 heteroatoms. The zero-order chi connectivity index (χ0) is 10.7. The van der Waals surface area contributed by atoms with Gasteiger partial charge in [0.2, 0.25) is 5.82 Å². The minimum absolute atomic E-state index is 0.0249. The average Bonchev–Trinajstić information content (AvgIpc) is 2.16. The van der Waals surface area contributed by atoms with E-state index in [2.05, 4.69) is 4.74 Å². The Labute approximate surface area is 78.3 Å². The molecule has 0 N–H and O–H groups in total.